The zero-order valence-electron chi connectivity index (χ0n) is 13.4. The molecule has 0 unspecified atom stereocenters. The zero-order valence-corrected chi connectivity index (χ0v) is 14.2. The van der Waals surface area contributed by atoms with Crippen molar-refractivity contribution in [2.75, 3.05) is 18.4 Å². The molecule has 9 nitrogen and oxygen atoms in total. The van der Waals surface area contributed by atoms with Crippen molar-refractivity contribution in [1.29, 1.82) is 5.26 Å². The van der Waals surface area contributed by atoms with Gasteiger partial charge < -0.3 is 5.32 Å². The Labute approximate surface area is 145 Å². The number of benzene rings is 1. The van der Waals surface area contributed by atoms with Crippen LogP contribution >= 0.6 is 0 Å². The number of nitrogens with zero attached hydrogens (tertiary/aromatic N) is 5. The van der Waals surface area contributed by atoms with E-state index >= 15 is 0 Å². The fourth-order valence-corrected chi connectivity index (χ4v) is 4.15. The van der Waals surface area contributed by atoms with Crippen LogP contribution in [0, 0.1) is 11.3 Å². The predicted octanol–water partition coefficient (Wildman–Crippen LogP) is 1.10. The summed E-state index contributed by atoms with van der Waals surface area (Å²) in [6.45, 7) is 1.22. The van der Waals surface area contributed by atoms with Crippen LogP contribution < -0.4 is 5.32 Å². The van der Waals surface area contributed by atoms with E-state index in [4.69, 9.17) is 5.26 Å². The molecule has 0 saturated carbocycles. The molecule has 0 radical (unpaired) electrons. The van der Waals surface area contributed by atoms with Crippen LogP contribution in [-0.4, -0.2) is 46.4 Å². The number of hydrogen-bond donors (Lipinski definition) is 2. The lowest BCUT2D eigenvalue weighted by molar-refractivity contribution is 0.476. The number of rotatable bonds is 6. The highest BCUT2D eigenvalue weighted by Gasteiger charge is 2.25. The quantitative estimate of drug-likeness (QED) is 0.739. The molecule has 1 aliphatic rings. The van der Waals surface area contributed by atoms with E-state index in [0.29, 0.717) is 13.1 Å². The van der Waals surface area contributed by atoms with Gasteiger partial charge >= 0.3 is 0 Å². The van der Waals surface area contributed by atoms with Gasteiger partial charge in [-0.15, -0.1) is 10.2 Å². The summed E-state index contributed by atoms with van der Waals surface area (Å²) >= 11 is 0. The average molecular weight is 359 g/mol. The van der Waals surface area contributed by atoms with Gasteiger partial charge in [0.25, 0.3) is 0 Å². The first-order chi connectivity index (χ1) is 12.1. The Hall–Kier alpha value is -2.77. The van der Waals surface area contributed by atoms with Gasteiger partial charge in [-0.25, -0.2) is 12.7 Å². The summed E-state index contributed by atoms with van der Waals surface area (Å²) in [6.07, 6.45) is 3.33. The van der Waals surface area contributed by atoms with Crippen molar-refractivity contribution in [2.45, 2.75) is 18.6 Å². The summed E-state index contributed by atoms with van der Waals surface area (Å²) in [4.78, 5) is 0. The molecule has 0 bridgehead atoms. The number of tetrazole rings is 1. The number of sulfonamides is 1. The lowest BCUT2D eigenvalue weighted by Crippen LogP contribution is -2.29. The largest absolute Gasteiger partial charge is 0.360 e. The Morgan fingerprint density at radius 2 is 2.04 bits per heavy atom. The van der Waals surface area contributed by atoms with Gasteiger partial charge in [0.2, 0.25) is 15.8 Å². The van der Waals surface area contributed by atoms with E-state index in [-0.39, 0.29) is 17.2 Å². The number of hydrogen-bond acceptors (Lipinski definition) is 7. The van der Waals surface area contributed by atoms with E-state index in [9.17, 15) is 8.42 Å². The van der Waals surface area contributed by atoms with E-state index in [1.807, 2.05) is 6.07 Å². The van der Waals surface area contributed by atoms with Gasteiger partial charge in [-0.3, -0.25) is 0 Å². The third-order valence-corrected chi connectivity index (χ3v) is 5.70. The van der Waals surface area contributed by atoms with Crippen molar-refractivity contribution in [2.24, 2.45) is 0 Å². The number of aromatic nitrogens is 4. The highest BCUT2D eigenvalue weighted by atomic mass is 32.2. The van der Waals surface area contributed by atoms with E-state index < -0.39 is 10.0 Å². The minimum atomic E-state index is -3.25. The molecule has 2 aromatic rings. The first-order valence-electron chi connectivity index (χ1n) is 7.76. The topological polar surface area (TPSA) is 128 Å². The lowest BCUT2D eigenvalue weighted by Gasteiger charge is -2.15. The van der Waals surface area contributed by atoms with Crippen molar-refractivity contribution >= 4 is 21.3 Å². The normalized spacial score (nSPS) is 15.9. The number of aromatic amines is 1. The Balaban J connectivity index is 1.65. The highest BCUT2D eigenvalue weighted by molar-refractivity contribution is 7.88. The van der Waals surface area contributed by atoms with Crippen LogP contribution in [0.3, 0.4) is 0 Å². The van der Waals surface area contributed by atoms with Crippen molar-refractivity contribution in [3.05, 3.63) is 41.9 Å². The third-order valence-electron chi connectivity index (χ3n) is 3.85. The van der Waals surface area contributed by atoms with Crippen LogP contribution in [0.15, 0.2) is 30.5 Å². The molecular formula is C15H17N7O2S. The zero-order chi connectivity index (χ0) is 17.7. The molecule has 1 aromatic heterocycles. The number of anilines is 1. The molecular weight excluding hydrogens is 342 g/mol. The van der Waals surface area contributed by atoms with Gasteiger partial charge in [0.15, 0.2) is 0 Å². The number of nitriles is 1. The predicted molar refractivity (Wildman–Crippen MR) is 91.3 cm³/mol. The molecule has 130 valence electrons. The molecule has 0 atom stereocenters. The SMILES string of the molecule is N#CC(=CNc1ccc(CS(=O)(=O)N2CCCC2)cc1)c1nn[nH]n1. The van der Waals surface area contributed by atoms with E-state index in [1.165, 1.54) is 6.20 Å². The van der Waals surface area contributed by atoms with Gasteiger partial charge in [0.05, 0.1) is 5.75 Å². The summed E-state index contributed by atoms with van der Waals surface area (Å²) in [6, 6.07) is 9.01. The van der Waals surface area contributed by atoms with Crippen LogP contribution in [0.1, 0.15) is 24.2 Å². The molecule has 1 saturated heterocycles. The van der Waals surface area contributed by atoms with Crippen LogP contribution in [0.5, 0.6) is 0 Å². The van der Waals surface area contributed by atoms with E-state index in [1.54, 1.807) is 28.6 Å². The Morgan fingerprint density at radius 1 is 1.32 bits per heavy atom. The summed E-state index contributed by atoms with van der Waals surface area (Å²) in [5, 5.41) is 25.2. The second-order valence-electron chi connectivity index (χ2n) is 5.61. The van der Waals surface area contributed by atoms with Crippen LogP contribution in [0.25, 0.3) is 5.57 Å². The minimum absolute atomic E-state index is 0.00454. The molecule has 1 aliphatic heterocycles. The minimum Gasteiger partial charge on any atom is -0.360 e. The summed E-state index contributed by atoms with van der Waals surface area (Å²) < 4.78 is 26.2. The number of nitrogens with one attached hydrogen (secondary N) is 2. The first kappa shape index (κ1) is 17.1. The van der Waals surface area contributed by atoms with Crippen molar-refractivity contribution in [3.63, 3.8) is 0 Å². The standard InChI is InChI=1S/C15H17N7O2S/c16-9-13(15-18-20-21-19-15)10-17-14-5-3-12(4-6-14)11-25(23,24)22-7-1-2-8-22/h3-6,10,17H,1-2,7-8,11H2,(H,18,19,20,21). The molecule has 0 spiro atoms. The molecule has 25 heavy (non-hydrogen) atoms. The number of allylic oxidation sites excluding steroid dienone is 1. The second kappa shape index (κ2) is 7.42. The van der Waals surface area contributed by atoms with Crippen LogP contribution in [0.2, 0.25) is 0 Å². The maximum atomic E-state index is 12.3. The Kier molecular flexibility index (Phi) is 5.06. The fourth-order valence-electron chi connectivity index (χ4n) is 2.54. The highest BCUT2D eigenvalue weighted by Crippen LogP contribution is 2.19. The van der Waals surface area contributed by atoms with Gasteiger partial charge in [0.1, 0.15) is 11.6 Å². The Bertz CT molecular complexity index is 877. The molecule has 3 rings (SSSR count). The molecule has 1 fully saturated rings. The molecule has 10 heteroatoms. The maximum absolute atomic E-state index is 12.3. The van der Waals surface area contributed by atoms with Crippen molar-refractivity contribution in [1.82, 2.24) is 24.9 Å². The molecule has 2 N–H and O–H groups in total. The average Bonchev–Trinajstić information content (AvgIpc) is 3.31. The van der Waals surface area contributed by atoms with Gasteiger partial charge in [-0.2, -0.15) is 10.5 Å². The van der Waals surface area contributed by atoms with Crippen LogP contribution in [-0.2, 0) is 15.8 Å². The van der Waals surface area contributed by atoms with E-state index in [2.05, 4.69) is 25.9 Å². The molecule has 1 aromatic carbocycles. The second-order valence-corrected chi connectivity index (χ2v) is 7.58. The van der Waals surface area contributed by atoms with Gasteiger partial charge in [0, 0.05) is 25.0 Å². The lowest BCUT2D eigenvalue weighted by atomic mass is 10.2. The molecule has 0 aliphatic carbocycles. The molecule has 0 amide bonds. The van der Waals surface area contributed by atoms with Gasteiger partial charge in [-0.1, -0.05) is 12.1 Å². The van der Waals surface area contributed by atoms with Crippen molar-refractivity contribution < 1.29 is 8.42 Å². The number of H-pyrrole nitrogens is 1. The molecule has 2 heterocycles. The maximum Gasteiger partial charge on any atom is 0.218 e. The van der Waals surface area contributed by atoms with Crippen molar-refractivity contribution in [3.8, 4) is 6.07 Å². The summed E-state index contributed by atoms with van der Waals surface area (Å²) in [5.74, 6) is 0.193. The van der Waals surface area contributed by atoms with E-state index in [0.717, 1.165) is 24.1 Å². The Morgan fingerprint density at radius 3 is 2.64 bits per heavy atom. The third kappa shape index (κ3) is 4.20. The fraction of sp³-hybridized carbons (Fsp3) is 0.333. The van der Waals surface area contributed by atoms with Gasteiger partial charge in [-0.05, 0) is 35.8 Å². The summed E-state index contributed by atoms with van der Waals surface area (Å²) in [5.41, 5.74) is 1.67. The smallest absolute Gasteiger partial charge is 0.218 e. The van der Waals surface area contributed by atoms with Crippen LogP contribution in [0.4, 0.5) is 5.69 Å². The monoisotopic (exact) mass is 359 g/mol. The summed E-state index contributed by atoms with van der Waals surface area (Å²) in [7, 11) is -3.25. The first-order valence-corrected chi connectivity index (χ1v) is 9.37.